The highest BCUT2D eigenvalue weighted by molar-refractivity contribution is 4.92. The Morgan fingerprint density at radius 2 is 2.27 bits per heavy atom. The molecule has 0 spiro atoms. The van der Waals surface area contributed by atoms with E-state index in [4.69, 9.17) is 9.84 Å². The molecule has 2 nitrogen and oxygen atoms in total. The van der Waals surface area contributed by atoms with Gasteiger partial charge in [-0.05, 0) is 13.3 Å². The summed E-state index contributed by atoms with van der Waals surface area (Å²) in [5.74, 6) is 0. The minimum Gasteiger partial charge on any atom is -0.395 e. The predicted molar refractivity (Wildman–Crippen MR) is 46.5 cm³/mol. The molecule has 0 aromatic heterocycles. The van der Waals surface area contributed by atoms with Gasteiger partial charge in [0.15, 0.2) is 0 Å². The molecule has 0 bridgehead atoms. The van der Waals surface area contributed by atoms with E-state index in [0.29, 0.717) is 0 Å². The second kappa shape index (κ2) is 4.52. The molecule has 0 radical (unpaired) electrons. The maximum absolute atomic E-state index is 9.00. The molecule has 0 aliphatic heterocycles. The van der Waals surface area contributed by atoms with Gasteiger partial charge in [-0.1, -0.05) is 13.0 Å². The molecule has 0 aromatic carbocycles. The van der Waals surface area contributed by atoms with Gasteiger partial charge in [0.05, 0.1) is 12.7 Å². The summed E-state index contributed by atoms with van der Waals surface area (Å²) in [5, 5.41) is 9.00. The average molecular weight is 158 g/mol. The quantitative estimate of drug-likeness (QED) is 0.616. The van der Waals surface area contributed by atoms with E-state index in [0.717, 1.165) is 6.42 Å². The molecular weight excluding hydrogens is 140 g/mol. The monoisotopic (exact) mass is 158 g/mol. The number of aliphatic hydroxyl groups excluding tert-OH is 1. The first-order chi connectivity index (χ1) is 5.08. The third kappa shape index (κ3) is 3.54. The van der Waals surface area contributed by atoms with Gasteiger partial charge in [0, 0.05) is 12.5 Å². The fourth-order valence-electron chi connectivity index (χ4n) is 0.952. The Morgan fingerprint density at radius 3 is 2.55 bits per heavy atom. The van der Waals surface area contributed by atoms with Crippen LogP contribution in [0.1, 0.15) is 20.3 Å². The predicted octanol–water partition coefficient (Wildman–Crippen LogP) is 1.60. The van der Waals surface area contributed by atoms with Crippen LogP contribution in [0.3, 0.4) is 0 Å². The Bertz CT molecular complexity index is 123. The second-order valence-corrected chi connectivity index (χ2v) is 3.27. The molecule has 1 N–H and O–H groups in total. The Labute approximate surface area is 68.9 Å². The van der Waals surface area contributed by atoms with E-state index in [9.17, 15) is 0 Å². The fourth-order valence-corrected chi connectivity index (χ4v) is 0.952. The van der Waals surface area contributed by atoms with E-state index in [-0.39, 0.29) is 18.1 Å². The molecule has 0 aliphatic rings. The fraction of sp³-hybridized carbons (Fsp3) is 0.778. The molecule has 0 rings (SSSR count). The largest absolute Gasteiger partial charge is 0.395 e. The lowest BCUT2D eigenvalue weighted by molar-refractivity contribution is 0.0619. The molecule has 0 heterocycles. The molecule has 0 fully saturated rings. The molecule has 2 unspecified atom stereocenters. The summed E-state index contributed by atoms with van der Waals surface area (Å²) >= 11 is 0. The molecule has 66 valence electrons. The topological polar surface area (TPSA) is 29.5 Å². The van der Waals surface area contributed by atoms with Gasteiger partial charge in [0.25, 0.3) is 0 Å². The van der Waals surface area contributed by atoms with Crippen LogP contribution >= 0.6 is 0 Å². The third-order valence-electron chi connectivity index (χ3n) is 2.01. The van der Waals surface area contributed by atoms with Gasteiger partial charge in [-0.25, -0.2) is 0 Å². The number of ether oxygens (including phenoxy) is 1. The van der Waals surface area contributed by atoms with Crippen molar-refractivity contribution in [2.45, 2.75) is 26.4 Å². The summed E-state index contributed by atoms with van der Waals surface area (Å²) in [6.07, 6.45) is 2.76. The molecule has 2 atom stereocenters. The van der Waals surface area contributed by atoms with Gasteiger partial charge in [0.1, 0.15) is 0 Å². The van der Waals surface area contributed by atoms with Crippen molar-refractivity contribution in [3.8, 4) is 0 Å². The van der Waals surface area contributed by atoms with Crippen LogP contribution in [0.2, 0.25) is 0 Å². The lowest BCUT2D eigenvalue weighted by atomic mass is 9.86. The first-order valence-electron chi connectivity index (χ1n) is 3.85. The minimum atomic E-state index is -0.199. The molecule has 0 amide bonds. The van der Waals surface area contributed by atoms with Crippen molar-refractivity contribution in [2.24, 2.45) is 5.41 Å². The summed E-state index contributed by atoms with van der Waals surface area (Å²) < 4.78 is 5.09. The van der Waals surface area contributed by atoms with Crippen molar-refractivity contribution in [1.82, 2.24) is 0 Å². The zero-order valence-corrected chi connectivity index (χ0v) is 7.63. The molecule has 0 saturated heterocycles. The van der Waals surface area contributed by atoms with Crippen molar-refractivity contribution >= 4 is 0 Å². The molecule has 0 aromatic rings. The number of hydrogen-bond donors (Lipinski definition) is 1. The highest BCUT2D eigenvalue weighted by Crippen LogP contribution is 2.24. The lowest BCUT2D eigenvalue weighted by Crippen LogP contribution is -2.24. The smallest absolute Gasteiger partial charge is 0.0552 e. The van der Waals surface area contributed by atoms with E-state index >= 15 is 0 Å². The van der Waals surface area contributed by atoms with E-state index in [2.05, 4.69) is 6.58 Å². The number of hydrogen-bond acceptors (Lipinski definition) is 2. The standard InChI is InChI=1S/C9H18O2/c1-5-9(3,7-10)6-8(2)11-4/h5,8,10H,1,6-7H2,2-4H3. The minimum absolute atomic E-state index is 0.129. The summed E-state index contributed by atoms with van der Waals surface area (Å²) in [7, 11) is 1.67. The van der Waals surface area contributed by atoms with Crippen LogP contribution in [-0.4, -0.2) is 24.9 Å². The second-order valence-electron chi connectivity index (χ2n) is 3.27. The Balaban J connectivity index is 3.96. The molecule has 0 saturated carbocycles. The maximum atomic E-state index is 9.00. The van der Waals surface area contributed by atoms with Crippen LogP contribution < -0.4 is 0 Å². The normalized spacial score (nSPS) is 18.9. The zero-order chi connectivity index (χ0) is 8.91. The highest BCUT2D eigenvalue weighted by Gasteiger charge is 2.21. The van der Waals surface area contributed by atoms with Gasteiger partial charge in [-0.15, -0.1) is 6.58 Å². The summed E-state index contributed by atoms with van der Waals surface area (Å²) in [4.78, 5) is 0. The van der Waals surface area contributed by atoms with Gasteiger partial charge >= 0.3 is 0 Å². The van der Waals surface area contributed by atoms with Gasteiger partial charge in [-0.2, -0.15) is 0 Å². The van der Waals surface area contributed by atoms with Crippen molar-refractivity contribution in [3.05, 3.63) is 12.7 Å². The van der Waals surface area contributed by atoms with Crippen LogP contribution in [0.5, 0.6) is 0 Å². The Morgan fingerprint density at radius 1 is 1.73 bits per heavy atom. The SMILES string of the molecule is C=CC(C)(CO)CC(C)OC. The summed E-state index contributed by atoms with van der Waals surface area (Å²) in [5.41, 5.74) is -0.199. The van der Waals surface area contributed by atoms with Gasteiger partial charge in [0.2, 0.25) is 0 Å². The van der Waals surface area contributed by atoms with Crippen LogP contribution in [0.4, 0.5) is 0 Å². The average Bonchev–Trinajstić information content (AvgIpc) is 2.04. The summed E-state index contributed by atoms with van der Waals surface area (Å²) in [6.45, 7) is 7.76. The van der Waals surface area contributed by atoms with Crippen molar-refractivity contribution in [1.29, 1.82) is 0 Å². The Hall–Kier alpha value is -0.340. The zero-order valence-electron chi connectivity index (χ0n) is 7.63. The van der Waals surface area contributed by atoms with Crippen molar-refractivity contribution < 1.29 is 9.84 Å². The molecule has 0 aliphatic carbocycles. The number of aliphatic hydroxyl groups is 1. The lowest BCUT2D eigenvalue weighted by Gasteiger charge is -2.25. The maximum Gasteiger partial charge on any atom is 0.0552 e. The van der Waals surface area contributed by atoms with Gasteiger partial charge < -0.3 is 9.84 Å². The summed E-state index contributed by atoms with van der Waals surface area (Å²) in [6, 6.07) is 0. The molecule has 11 heavy (non-hydrogen) atoms. The van der Waals surface area contributed by atoms with Crippen molar-refractivity contribution in [2.75, 3.05) is 13.7 Å². The van der Waals surface area contributed by atoms with Crippen LogP contribution in [0, 0.1) is 5.41 Å². The van der Waals surface area contributed by atoms with Crippen molar-refractivity contribution in [3.63, 3.8) is 0 Å². The molecular formula is C9H18O2. The van der Waals surface area contributed by atoms with Crippen LogP contribution in [0.15, 0.2) is 12.7 Å². The van der Waals surface area contributed by atoms with E-state index < -0.39 is 0 Å². The first kappa shape index (κ1) is 10.7. The van der Waals surface area contributed by atoms with E-state index in [1.54, 1.807) is 13.2 Å². The van der Waals surface area contributed by atoms with Crippen LogP contribution in [-0.2, 0) is 4.74 Å². The van der Waals surface area contributed by atoms with Crippen LogP contribution in [0.25, 0.3) is 0 Å². The third-order valence-corrected chi connectivity index (χ3v) is 2.01. The highest BCUT2D eigenvalue weighted by atomic mass is 16.5. The van der Waals surface area contributed by atoms with Gasteiger partial charge in [-0.3, -0.25) is 0 Å². The number of rotatable bonds is 5. The Kier molecular flexibility index (Phi) is 4.38. The van der Waals surface area contributed by atoms with E-state index in [1.807, 2.05) is 13.8 Å². The number of methoxy groups -OCH3 is 1. The first-order valence-corrected chi connectivity index (χ1v) is 3.85. The molecule has 2 heteroatoms. The van der Waals surface area contributed by atoms with E-state index in [1.165, 1.54) is 0 Å².